The van der Waals surface area contributed by atoms with Crippen molar-refractivity contribution in [1.82, 2.24) is 4.57 Å². The molecule has 0 saturated carbocycles. The lowest BCUT2D eigenvalue weighted by atomic mass is 10.0. The van der Waals surface area contributed by atoms with Crippen molar-refractivity contribution in [3.8, 4) is 0 Å². The number of nitrogens with zero attached hydrogens (tertiary/aromatic N) is 2. The second-order valence-corrected chi connectivity index (χ2v) is 11.0. The lowest BCUT2D eigenvalue weighted by Crippen LogP contribution is -2.40. The maximum Gasteiger partial charge on any atom is 0.271 e. The maximum atomic E-state index is 13.5. The number of para-hydroxylation sites is 1. The fourth-order valence-electron chi connectivity index (χ4n) is 3.61. The van der Waals surface area contributed by atoms with Crippen molar-refractivity contribution in [3.05, 3.63) is 104 Å². The van der Waals surface area contributed by atoms with Gasteiger partial charge in [0.05, 0.1) is 20.3 Å². The van der Waals surface area contributed by atoms with Gasteiger partial charge in [0.15, 0.2) is 8.57 Å². The zero-order chi connectivity index (χ0) is 23.1. The number of rotatable bonds is 4. The van der Waals surface area contributed by atoms with Gasteiger partial charge in [0.2, 0.25) is 0 Å². The van der Waals surface area contributed by atoms with E-state index in [2.05, 4.69) is 48.8 Å². The molecule has 0 fully saturated rings. The van der Waals surface area contributed by atoms with Crippen LogP contribution in [0.15, 0.2) is 83.9 Å². The quantitative estimate of drug-likeness (QED) is 0.319. The van der Waals surface area contributed by atoms with E-state index in [1.807, 2.05) is 60.8 Å². The molecule has 1 N–H and O–H groups in total. The van der Waals surface area contributed by atoms with Gasteiger partial charge in [-0.25, -0.2) is 4.99 Å². The van der Waals surface area contributed by atoms with E-state index < -0.39 is 6.04 Å². The number of benzene rings is 1. The lowest BCUT2D eigenvalue weighted by molar-refractivity contribution is -0.113. The van der Waals surface area contributed by atoms with Crippen LogP contribution in [0.2, 0.25) is 0 Å². The number of thiophene rings is 1. The van der Waals surface area contributed by atoms with Crippen LogP contribution in [0.25, 0.3) is 6.08 Å². The molecule has 1 atom stereocenters. The van der Waals surface area contributed by atoms with Crippen LogP contribution in [0.5, 0.6) is 0 Å². The molecule has 10 heteroatoms. The van der Waals surface area contributed by atoms with Gasteiger partial charge in [-0.3, -0.25) is 14.2 Å². The molecule has 1 aliphatic heterocycles. The molecule has 0 aliphatic carbocycles. The van der Waals surface area contributed by atoms with Crippen molar-refractivity contribution < 1.29 is 9.21 Å². The summed E-state index contributed by atoms with van der Waals surface area (Å²) in [5, 5.41) is 4.89. The van der Waals surface area contributed by atoms with Gasteiger partial charge in [-0.2, -0.15) is 0 Å². The van der Waals surface area contributed by atoms with Gasteiger partial charge in [-0.05, 0) is 52.5 Å². The van der Waals surface area contributed by atoms with Crippen LogP contribution in [-0.4, -0.2) is 10.5 Å². The highest BCUT2D eigenvalue weighted by Gasteiger charge is 2.33. The first kappa shape index (κ1) is 22.5. The fraction of sp³-hybridized carbons (Fsp3) is 0.0870. The SMILES string of the molecule is CC1=C(C(=O)Nc2ccccc2)[C@@H](c2cccs2)n2c(s/c(=C/c3cc(Br)c(I)o3)c2=O)=N1. The average Bonchev–Trinajstić information content (AvgIpc) is 3.49. The molecule has 1 aromatic carbocycles. The number of fused-ring (bicyclic) bond motifs is 1. The molecule has 0 spiro atoms. The van der Waals surface area contributed by atoms with Crippen LogP contribution in [0.1, 0.15) is 23.6 Å². The number of anilines is 1. The Kier molecular flexibility index (Phi) is 6.25. The number of thiazole rings is 1. The Morgan fingerprint density at radius 1 is 1.27 bits per heavy atom. The van der Waals surface area contributed by atoms with E-state index in [4.69, 9.17) is 4.42 Å². The average molecular weight is 652 g/mol. The van der Waals surface area contributed by atoms with E-state index >= 15 is 0 Å². The van der Waals surface area contributed by atoms with Gasteiger partial charge in [0.1, 0.15) is 11.8 Å². The van der Waals surface area contributed by atoms with E-state index in [0.717, 1.165) is 9.35 Å². The molecule has 4 aromatic rings. The van der Waals surface area contributed by atoms with Crippen LogP contribution in [0, 0.1) is 3.77 Å². The van der Waals surface area contributed by atoms with Crippen LogP contribution in [0.4, 0.5) is 5.69 Å². The van der Waals surface area contributed by atoms with Crippen LogP contribution in [-0.2, 0) is 4.79 Å². The van der Waals surface area contributed by atoms with E-state index in [1.165, 1.54) is 22.7 Å². The molecule has 1 aliphatic rings. The third kappa shape index (κ3) is 4.32. The van der Waals surface area contributed by atoms with E-state index in [0.29, 0.717) is 35.8 Å². The molecule has 0 saturated heterocycles. The summed E-state index contributed by atoms with van der Waals surface area (Å²) in [4.78, 5) is 33.0. The van der Waals surface area contributed by atoms with Crippen LogP contribution in [0.3, 0.4) is 0 Å². The molecular formula is C23H15BrIN3O3S2. The summed E-state index contributed by atoms with van der Waals surface area (Å²) < 4.78 is 9.33. The number of amides is 1. The Bertz CT molecular complexity index is 1550. The van der Waals surface area contributed by atoms with Crippen molar-refractivity contribution in [2.24, 2.45) is 4.99 Å². The highest BCUT2D eigenvalue weighted by atomic mass is 127. The Labute approximate surface area is 218 Å². The summed E-state index contributed by atoms with van der Waals surface area (Å²) in [7, 11) is 0. The van der Waals surface area contributed by atoms with Crippen LogP contribution < -0.4 is 20.2 Å². The predicted molar refractivity (Wildman–Crippen MR) is 142 cm³/mol. The number of carbonyl (C=O) groups excluding carboxylic acids is 1. The zero-order valence-electron chi connectivity index (χ0n) is 17.0. The molecule has 5 rings (SSSR count). The second-order valence-electron chi connectivity index (χ2n) is 7.19. The Balaban J connectivity index is 1.65. The van der Waals surface area contributed by atoms with Gasteiger partial charge < -0.3 is 9.73 Å². The summed E-state index contributed by atoms with van der Waals surface area (Å²) in [6.45, 7) is 1.81. The number of hydrogen-bond donors (Lipinski definition) is 1. The van der Waals surface area contributed by atoms with Gasteiger partial charge in [0.25, 0.3) is 11.5 Å². The number of furan rings is 1. The molecule has 166 valence electrons. The maximum absolute atomic E-state index is 13.5. The molecular weight excluding hydrogens is 637 g/mol. The highest BCUT2D eigenvalue weighted by molar-refractivity contribution is 14.1. The predicted octanol–water partition coefficient (Wildman–Crippen LogP) is 4.90. The Morgan fingerprint density at radius 2 is 2.06 bits per heavy atom. The number of allylic oxidation sites excluding steroid dienone is 1. The Morgan fingerprint density at radius 3 is 2.73 bits per heavy atom. The number of halogens is 2. The third-order valence-corrected chi connectivity index (χ3v) is 9.09. The van der Waals surface area contributed by atoms with E-state index in [9.17, 15) is 9.59 Å². The summed E-state index contributed by atoms with van der Waals surface area (Å²) in [5.41, 5.74) is 1.51. The normalized spacial score (nSPS) is 16.0. The number of aromatic nitrogens is 1. The first-order valence-corrected chi connectivity index (χ1v) is 13.4. The largest absolute Gasteiger partial charge is 0.450 e. The highest BCUT2D eigenvalue weighted by Crippen LogP contribution is 2.33. The minimum absolute atomic E-state index is 0.211. The van der Waals surface area contributed by atoms with Gasteiger partial charge >= 0.3 is 0 Å². The monoisotopic (exact) mass is 651 g/mol. The molecule has 0 bridgehead atoms. The smallest absolute Gasteiger partial charge is 0.271 e. The molecule has 1 amide bonds. The molecule has 4 heterocycles. The van der Waals surface area contributed by atoms with Crippen LogP contribution >= 0.6 is 61.2 Å². The van der Waals surface area contributed by atoms with Gasteiger partial charge in [0, 0.05) is 39.2 Å². The molecule has 3 aromatic heterocycles. The zero-order valence-corrected chi connectivity index (χ0v) is 22.4. The summed E-state index contributed by atoms with van der Waals surface area (Å²) in [6.07, 6.45) is 1.71. The first-order valence-electron chi connectivity index (χ1n) is 9.79. The van der Waals surface area contributed by atoms with E-state index in [-0.39, 0.29) is 11.5 Å². The molecule has 6 nitrogen and oxygen atoms in total. The first-order chi connectivity index (χ1) is 15.9. The van der Waals surface area contributed by atoms with Crippen molar-refractivity contribution in [2.75, 3.05) is 5.32 Å². The van der Waals surface area contributed by atoms with Gasteiger partial charge in [-0.1, -0.05) is 35.6 Å². The third-order valence-electron chi connectivity index (χ3n) is 5.05. The molecule has 33 heavy (non-hydrogen) atoms. The lowest BCUT2D eigenvalue weighted by Gasteiger charge is -2.24. The Hall–Kier alpha value is -2.28. The minimum Gasteiger partial charge on any atom is -0.450 e. The molecule has 0 radical (unpaired) electrons. The standard InChI is InChI=1S/C23H15BrIN3O3S2/c1-12-18(21(29)27-13-6-3-2-4-7-13)19(16-8-5-9-32-16)28-22(30)17(33-23(28)26-12)11-14-10-15(24)20(25)31-14/h2-11,19H,1H3,(H,27,29)/b17-11+/t19-/m1/s1. The van der Waals surface area contributed by atoms with Gasteiger partial charge in [-0.15, -0.1) is 11.3 Å². The fourth-order valence-corrected chi connectivity index (χ4v) is 6.18. The van der Waals surface area contributed by atoms with Crippen molar-refractivity contribution >= 4 is 78.9 Å². The summed E-state index contributed by atoms with van der Waals surface area (Å²) in [5.74, 6) is 0.293. The van der Waals surface area contributed by atoms with Crippen molar-refractivity contribution in [1.29, 1.82) is 0 Å². The minimum atomic E-state index is -0.560. The summed E-state index contributed by atoms with van der Waals surface area (Å²) >= 11 is 8.30. The topological polar surface area (TPSA) is 76.6 Å². The van der Waals surface area contributed by atoms with E-state index in [1.54, 1.807) is 10.6 Å². The number of nitrogens with one attached hydrogen (secondary N) is 1. The van der Waals surface area contributed by atoms with Crippen molar-refractivity contribution in [2.45, 2.75) is 13.0 Å². The number of carbonyl (C=O) groups is 1. The molecule has 0 unspecified atom stereocenters. The summed E-state index contributed by atoms with van der Waals surface area (Å²) in [6, 6.07) is 14.4. The second kappa shape index (κ2) is 9.16. The van der Waals surface area contributed by atoms with Crippen molar-refractivity contribution in [3.63, 3.8) is 0 Å². The number of hydrogen-bond acceptors (Lipinski definition) is 6.